The van der Waals surface area contributed by atoms with E-state index in [1.807, 2.05) is 0 Å². The van der Waals surface area contributed by atoms with E-state index in [4.69, 9.17) is 0 Å². The molecule has 1 rings (SSSR count). The van der Waals surface area contributed by atoms with Gasteiger partial charge in [-0.2, -0.15) is 0 Å². The third-order valence-electron chi connectivity index (χ3n) is 4.18. The highest BCUT2D eigenvalue weighted by molar-refractivity contribution is 5.55. The molecule has 1 atom stereocenters. The van der Waals surface area contributed by atoms with Gasteiger partial charge in [-0.1, -0.05) is 95.5 Å². The van der Waals surface area contributed by atoms with E-state index in [-0.39, 0.29) is 0 Å². The smallest absolute Gasteiger partial charge is 0.0230 e. The Morgan fingerprint density at radius 2 is 1.18 bits per heavy atom. The second-order valence-corrected chi connectivity index (χ2v) is 6.49. The van der Waals surface area contributed by atoms with Crippen LogP contribution in [-0.4, -0.2) is 0 Å². The summed E-state index contributed by atoms with van der Waals surface area (Å²) in [5.74, 6) is 1.41. The summed E-state index contributed by atoms with van der Waals surface area (Å²) in [6.45, 7) is 9.09. The summed E-state index contributed by atoms with van der Waals surface area (Å²) in [4.78, 5) is 0. The lowest BCUT2D eigenvalue weighted by molar-refractivity contribution is 0.531. The zero-order valence-corrected chi connectivity index (χ0v) is 15.0. The molecular weight excluding hydrogens is 264 g/mol. The molecule has 0 spiro atoms. The van der Waals surface area contributed by atoms with Gasteiger partial charge in [0.05, 0.1) is 0 Å². The first-order valence-corrected chi connectivity index (χ1v) is 9.16. The average molecular weight is 299 g/mol. The summed E-state index contributed by atoms with van der Waals surface area (Å²) in [5.41, 5.74) is 2.62. The Labute approximate surface area is 138 Å². The summed E-state index contributed by atoms with van der Waals surface area (Å²) in [7, 11) is 0. The lowest BCUT2D eigenvalue weighted by Gasteiger charge is -2.09. The molecule has 0 radical (unpaired) electrons. The van der Waals surface area contributed by atoms with Crippen LogP contribution < -0.4 is 0 Å². The van der Waals surface area contributed by atoms with E-state index in [1.165, 1.54) is 49.7 Å². The first-order chi connectivity index (χ1) is 10.7. The maximum atomic E-state index is 2.40. The van der Waals surface area contributed by atoms with Crippen LogP contribution in [0.1, 0.15) is 77.3 Å². The van der Waals surface area contributed by atoms with Gasteiger partial charge in [-0.25, -0.2) is 0 Å². The van der Waals surface area contributed by atoms with E-state index in [9.17, 15) is 0 Å². The lowest BCUT2D eigenvalue weighted by atomic mass is 9.97. The molecule has 0 heteroatoms. The van der Waals surface area contributed by atoms with Crippen molar-refractivity contribution < 1.29 is 0 Å². The van der Waals surface area contributed by atoms with E-state index >= 15 is 0 Å². The van der Waals surface area contributed by atoms with Crippen LogP contribution in [0.25, 0.3) is 12.2 Å². The van der Waals surface area contributed by atoms with Gasteiger partial charge < -0.3 is 0 Å². The number of rotatable bonds is 10. The predicted octanol–water partition coefficient (Wildman–Crippen LogP) is 7.37. The van der Waals surface area contributed by atoms with Crippen molar-refractivity contribution in [2.45, 2.75) is 66.2 Å². The minimum atomic E-state index is 0.674. The maximum Gasteiger partial charge on any atom is -0.0230 e. The van der Waals surface area contributed by atoms with E-state index < -0.39 is 0 Å². The van der Waals surface area contributed by atoms with Crippen LogP contribution in [0, 0.1) is 11.8 Å². The van der Waals surface area contributed by atoms with Crippen molar-refractivity contribution in [3.63, 3.8) is 0 Å². The van der Waals surface area contributed by atoms with Crippen molar-refractivity contribution in [2.75, 3.05) is 0 Å². The van der Waals surface area contributed by atoms with Crippen molar-refractivity contribution in [1.29, 1.82) is 0 Å². The van der Waals surface area contributed by atoms with Gasteiger partial charge in [0.2, 0.25) is 0 Å². The molecule has 0 fully saturated rings. The Morgan fingerprint density at radius 3 is 1.64 bits per heavy atom. The first kappa shape index (κ1) is 18.7. The standard InChI is InChI=1S/C22H34/c1-5-8-19(4)11-12-21-15-17-22(18-16-21)14-13-20(9-6-2)10-7-3/h11-20H,5-10H2,1-4H3/b12-11+,14-13+. The minimum Gasteiger partial charge on any atom is -0.0811 e. The van der Waals surface area contributed by atoms with E-state index in [2.05, 4.69) is 76.3 Å². The van der Waals surface area contributed by atoms with Crippen LogP contribution in [0.2, 0.25) is 0 Å². The summed E-state index contributed by atoms with van der Waals surface area (Å²) < 4.78 is 0. The Balaban J connectivity index is 2.60. The fraction of sp³-hybridized carbons (Fsp3) is 0.545. The maximum absolute atomic E-state index is 2.40. The topological polar surface area (TPSA) is 0 Å². The van der Waals surface area contributed by atoms with Crippen molar-refractivity contribution >= 4 is 12.2 Å². The highest BCUT2D eigenvalue weighted by atomic mass is 14.1. The second kappa shape index (κ2) is 11.3. The lowest BCUT2D eigenvalue weighted by Crippen LogP contribution is -1.94. The summed E-state index contributed by atoms with van der Waals surface area (Å²) >= 11 is 0. The third kappa shape index (κ3) is 7.64. The van der Waals surface area contributed by atoms with Gasteiger partial charge in [0.25, 0.3) is 0 Å². The van der Waals surface area contributed by atoms with Crippen LogP contribution in [0.3, 0.4) is 0 Å². The Hall–Kier alpha value is -1.30. The molecule has 22 heavy (non-hydrogen) atoms. The molecule has 1 aromatic rings. The minimum absolute atomic E-state index is 0.674. The molecule has 0 aliphatic heterocycles. The highest BCUT2D eigenvalue weighted by Gasteiger charge is 2.01. The van der Waals surface area contributed by atoms with Gasteiger partial charge in [-0.15, -0.1) is 0 Å². The Morgan fingerprint density at radius 1 is 0.727 bits per heavy atom. The van der Waals surface area contributed by atoms with Crippen LogP contribution in [0.5, 0.6) is 0 Å². The fourth-order valence-electron chi connectivity index (χ4n) is 2.87. The zero-order chi connectivity index (χ0) is 16.2. The third-order valence-corrected chi connectivity index (χ3v) is 4.18. The van der Waals surface area contributed by atoms with Gasteiger partial charge in [0, 0.05) is 0 Å². The zero-order valence-electron chi connectivity index (χ0n) is 15.0. The van der Waals surface area contributed by atoms with Crippen molar-refractivity contribution in [3.8, 4) is 0 Å². The molecule has 1 unspecified atom stereocenters. The largest absolute Gasteiger partial charge is 0.0811 e. The van der Waals surface area contributed by atoms with Gasteiger partial charge in [-0.05, 0) is 42.2 Å². The molecule has 0 aromatic heterocycles. The van der Waals surface area contributed by atoms with Crippen LogP contribution >= 0.6 is 0 Å². The van der Waals surface area contributed by atoms with Crippen LogP contribution in [-0.2, 0) is 0 Å². The molecule has 122 valence electrons. The van der Waals surface area contributed by atoms with Gasteiger partial charge in [0.15, 0.2) is 0 Å². The normalized spacial score (nSPS) is 13.5. The van der Waals surface area contributed by atoms with Gasteiger partial charge in [0.1, 0.15) is 0 Å². The molecule has 0 N–H and O–H groups in total. The molecule has 0 heterocycles. The molecule has 0 saturated carbocycles. The average Bonchev–Trinajstić information content (AvgIpc) is 2.52. The first-order valence-electron chi connectivity index (χ1n) is 9.16. The SMILES string of the molecule is CCCC(C)/C=C/c1ccc(/C=C/C(CCC)CCC)cc1. The number of hydrogen-bond acceptors (Lipinski definition) is 0. The predicted molar refractivity (Wildman–Crippen MR) is 102 cm³/mol. The molecule has 0 aliphatic carbocycles. The van der Waals surface area contributed by atoms with Crippen molar-refractivity contribution in [1.82, 2.24) is 0 Å². The fourth-order valence-corrected chi connectivity index (χ4v) is 2.87. The molecule has 1 aromatic carbocycles. The monoisotopic (exact) mass is 298 g/mol. The van der Waals surface area contributed by atoms with Gasteiger partial charge >= 0.3 is 0 Å². The second-order valence-electron chi connectivity index (χ2n) is 6.49. The van der Waals surface area contributed by atoms with Crippen LogP contribution in [0.4, 0.5) is 0 Å². The molecule has 0 amide bonds. The van der Waals surface area contributed by atoms with Crippen molar-refractivity contribution in [3.05, 3.63) is 47.5 Å². The van der Waals surface area contributed by atoms with E-state index in [1.54, 1.807) is 0 Å². The Bertz CT molecular complexity index is 430. The molecule has 0 nitrogen and oxygen atoms in total. The van der Waals surface area contributed by atoms with E-state index in [0.717, 1.165) is 5.92 Å². The molecule has 0 aliphatic rings. The molecular formula is C22H34. The van der Waals surface area contributed by atoms with Gasteiger partial charge in [-0.3, -0.25) is 0 Å². The number of benzene rings is 1. The highest BCUT2D eigenvalue weighted by Crippen LogP contribution is 2.17. The molecule has 0 bridgehead atoms. The van der Waals surface area contributed by atoms with Crippen LogP contribution in [0.15, 0.2) is 36.4 Å². The number of allylic oxidation sites excluding steroid dienone is 2. The van der Waals surface area contributed by atoms with Crippen molar-refractivity contribution in [2.24, 2.45) is 11.8 Å². The summed E-state index contributed by atoms with van der Waals surface area (Å²) in [5, 5.41) is 0. The van der Waals surface area contributed by atoms with E-state index in [0.29, 0.717) is 5.92 Å². The number of hydrogen-bond donors (Lipinski definition) is 0. The molecule has 0 saturated heterocycles. The summed E-state index contributed by atoms with van der Waals surface area (Å²) in [6.07, 6.45) is 17.0. The quantitative estimate of drug-likeness (QED) is 0.423. The summed E-state index contributed by atoms with van der Waals surface area (Å²) in [6, 6.07) is 8.91. The Kier molecular flexibility index (Phi) is 9.62.